The van der Waals surface area contributed by atoms with E-state index in [1.54, 1.807) is 0 Å². The molecular formula is C13H27N3. The highest BCUT2D eigenvalue weighted by atomic mass is 15.1. The third-order valence-electron chi connectivity index (χ3n) is 4.67. The van der Waals surface area contributed by atoms with Crippen LogP contribution in [0.5, 0.6) is 0 Å². The maximum atomic E-state index is 6.03. The summed E-state index contributed by atoms with van der Waals surface area (Å²) in [4.78, 5) is 4.91. The van der Waals surface area contributed by atoms with E-state index in [1.165, 1.54) is 45.4 Å². The zero-order valence-electron chi connectivity index (χ0n) is 10.9. The van der Waals surface area contributed by atoms with Gasteiger partial charge in [-0.15, -0.1) is 0 Å². The largest absolute Gasteiger partial charge is 0.330 e. The van der Waals surface area contributed by atoms with Gasteiger partial charge in [0.25, 0.3) is 0 Å². The molecule has 0 aliphatic carbocycles. The van der Waals surface area contributed by atoms with Crippen LogP contribution < -0.4 is 5.73 Å². The molecule has 0 aromatic rings. The van der Waals surface area contributed by atoms with Gasteiger partial charge in [0.15, 0.2) is 0 Å². The van der Waals surface area contributed by atoms with Gasteiger partial charge in [0.1, 0.15) is 0 Å². The van der Waals surface area contributed by atoms with Crippen LogP contribution in [0.3, 0.4) is 0 Å². The third-order valence-corrected chi connectivity index (χ3v) is 4.67. The van der Waals surface area contributed by atoms with Gasteiger partial charge in [0.05, 0.1) is 0 Å². The number of rotatable bonds is 3. The first-order chi connectivity index (χ1) is 7.70. The second-order valence-electron chi connectivity index (χ2n) is 5.85. The van der Waals surface area contributed by atoms with Gasteiger partial charge in [-0.1, -0.05) is 0 Å². The van der Waals surface area contributed by atoms with Crippen molar-refractivity contribution >= 4 is 0 Å². The summed E-state index contributed by atoms with van der Waals surface area (Å²) in [6.45, 7) is 5.97. The van der Waals surface area contributed by atoms with E-state index < -0.39 is 0 Å². The van der Waals surface area contributed by atoms with Gasteiger partial charge in [-0.05, 0) is 77.3 Å². The van der Waals surface area contributed by atoms with E-state index in [2.05, 4.69) is 23.9 Å². The summed E-state index contributed by atoms with van der Waals surface area (Å²) in [5, 5.41) is 0. The first-order valence-electron chi connectivity index (χ1n) is 6.78. The molecule has 16 heavy (non-hydrogen) atoms. The van der Waals surface area contributed by atoms with E-state index in [-0.39, 0.29) is 0 Å². The van der Waals surface area contributed by atoms with Crippen LogP contribution in [0, 0.1) is 17.8 Å². The maximum absolute atomic E-state index is 6.03. The number of hydrogen-bond donors (Lipinski definition) is 1. The van der Waals surface area contributed by atoms with E-state index in [0.717, 1.165) is 24.3 Å². The lowest BCUT2D eigenvalue weighted by Crippen LogP contribution is -2.39. The molecule has 0 aromatic carbocycles. The summed E-state index contributed by atoms with van der Waals surface area (Å²) >= 11 is 0. The van der Waals surface area contributed by atoms with Crippen LogP contribution in [0.15, 0.2) is 0 Å². The molecule has 2 aliphatic heterocycles. The summed E-state index contributed by atoms with van der Waals surface area (Å²) in [6.07, 6.45) is 4.09. The Kier molecular flexibility index (Phi) is 4.22. The fourth-order valence-corrected chi connectivity index (χ4v) is 3.55. The number of piperidine rings is 1. The Labute approximate surface area is 100.0 Å². The predicted molar refractivity (Wildman–Crippen MR) is 68.4 cm³/mol. The minimum atomic E-state index is 0.777. The van der Waals surface area contributed by atoms with Crippen molar-refractivity contribution in [2.45, 2.75) is 19.3 Å². The van der Waals surface area contributed by atoms with Gasteiger partial charge in [-0.2, -0.15) is 0 Å². The van der Waals surface area contributed by atoms with Crippen molar-refractivity contribution < 1.29 is 0 Å². The maximum Gasteiger partial charge on any atom is 0.00103 e. The Morgan fingerprint density at radius 1 is 1.00 bits per heavy atom. The SMILES string of the molecule is CN1CCC(C(CN)C2CCN(C)C2)CC1. The topological polar surface area (TPSA) is 32.5 Å². The number of nitrogens with zero attached hydrogens (tertiary/aromatic N) is 2. The molecule has 2 fully saturated rings. The fraction of sp³-hybridized carbons (Fsp3) is 1.00. The van der Waals surface area contributed by atoms with E-state index in [1.807, 2.05) is 0 Å². The molecule has 2 atom stereocenters. The summed E-state index contributed by atoms with van der Waals surface area (Å²) in [6, 6.07) is 0. The lowest BCUT2D eigenvalue weighted by molar-refractivity contribution is 0.138. The van der Waals surface area contributed by atoms with Crippen molar-refractivity contribution in [2.75, 3.05) is 46.8 Å². The van der Waals surface area contributed by atoms with E-state index in [4.69, 9.17) is 5.73 Å². The van der Waals surface area contributed by atoms with Gasteiger partial charge >= 0.3 is 0 Å². The quantitative estimate of drug-likeness (QED) is 0.773. The molecule has 0 radical (unpaired) electrons. The average Bonchev–Trinajstić information content (AvgIpc) is 2.69. The molecule has 0 aromatic heterocycles. The van der Waals surface area contributed by atoms with E-state index in [9.17, 15) is 0 Å². The highest BCUT2D eigenvalue weighted by Crippen LogP contribution is 2.33. The summed E-state index contributed by atoms with van der Waals surface area (Å²) < 4.78 is 0. The molecule has 2 saturated heterocycles. The smallest absolute Gasteiger partial charge is 0.00103 e. The van der Waals surface area contributed by atoms with Gasteiger partial charge in [-0.3, -0.25) is 0 Å². The summed E-state index contributed by atoms with van der Waals surface area (Å²) in [7, 11) is 4.47. The molecule has 0 bridgehead atoms. The van der Waals surface area contributed by atoms with Gasteiger partial charge in [-0.25, -0.2) is 0 Å². The molecule has 94 valence electrons. The van der Waals surface area contributed by atoms with Crippen molar-refractivity contribution in [3.05, 3.63) is 0 Å². The van der Waals surface area contributed by atoms with Crippen molar-refractivity contribution in [1.82, 2.24) is 9.80 Å². The molecule has 3 nitrogen and oxygen atoms in total. The van der Waals surface area contributed by atoms with Crippen LogP contribution in [0.2, 0.25) is 0 Å². The Bertz CT molecular complexity index is 211. The van der Waals surface area contributed by atoms with Crippen molar-refractivity contribution in [2.24, 2.45) is 23.5 Å². The molecule has 0 saturated carbocycles. The van der Waals surface area contributed by atoms with Crippen molar-refractivity contribution in [3.8, 4) is 0 Å². The van der Waals surface area contributed by atoms with Gasteiger partial charge in [0, 0.05) is 6.54 Å². The molecule has 2 rings (SSSR count). The minimum absolute atomic E-state index is 0.777. The monoisotopic (exact) mass is 225 g/mol. The molecule has 2 unspecified atom stereocenters. The van der Waals surface area contributed by atoms with Crippen LogP contribution in [0.4, 0.5) is 0 Å². The Morgan fingerprint density at radius 3 is 2.06 bits per heavy atom. The highest BCUT2D eigenvalue weighted by molar-refractivity contribution is 4.86. The van der Waals surface area contributed by atoms with Crippen molar-refractivity contribution in [1.29, 1.82) is 0 Å². The molecule has 2 heterocycles. The van der Waals surface area contributed by atoms with E-state index in [0.29, 0.717) is 0 Å². The standard InChI is InChI=1S/C13H27N3/c1-15-6-3-11(4-7-15)13(9-14)12-5-8-16(2)10-12/h11-13H,3-10,14H2,1-2H3. The normalized spacial score (nSPS) is 32.1. The van der Waals surface area contributed by atoms with Gasteiger partial charge in [0.2, 0.25) is 0 Å². The number of hydrogen-bond acceptors (Lipinski definition) is 3. The first kappa shape index (κ1) is 12.3. The van der Waals surface area contributed by atoms with Crippen LogP contribution in [0.25, 0.3) is 0 Å². The lowest BCUT2D eigenvalue weighted by atomic mass is 9.76. The molecule has 0 amide bonds. The fourth-order valence-electron chi connectivity index (χ4n) is 3.55. The average molecular weight is 225 g/mol. The Balaban J connectivity index is 1.89. The summed E-state index contributed by atoms with van der Waals surface area (Å²) in [5.74, 6) is 2.53. The molecular weight excluding hydrogens is 198 g/mol. The van der Waals surface area contributed by atoms with Crippen LogP contribution >= 0.6 is 0 Å². The molecule has 2 aliphatic rings. The Hall–Kier alpha value is -0.120. The first-order valence-corrected chi connectivity index (χ1v) is 6.78. The minimum Gasteiger partial charge on any atom is -0.330 e. The zero-order chi connectivity index (χ0) is 11.5. The Morgan fingerprint density at radius 2 is 1.56 bits per heavy atom. The van der Waals surface area contributed by atoms with Crippen LogP contribution in [-0.4, -0.2) is 56.6 Å². The van der Waals surface area contributed by atoms with Gasteiger partial charge < -0.3 is 15.5 Å². The molecule has 3 heteroatoms. The van der Waals surface area contributed by atoms with E-state index >= 15 is 0 Å². The van der Waals surface area contributed by atoms with Crippen LogP contribution in [-0.2, 0) is 0 Å². The molecule has 0 spiro atoms. The summed E-state index contributed by atoms with van der Waals surface area (Å²) in [5.41, 5.74) is 6.03. The molecule has 2 N–H and O–H groups in total. The zero-order valence-corrected chi connectivity index (χ0v) is 10.9. The van der Waals surface area contributed by atoms with Crippen LogP contribution in [0.1, 0.15) is 19.3 Å². The number of likely N-dealkylation sites (tertiary alicyclic amines) is 2. The highest BCUT2D eigenvalue weighted by Gasteiger charge is 2.33. The second-order valence-corrected chi connectivity index (χ2v) is 5.85. The van der Waals surface area contributed by atoms with Crippen molar-refractivity contribution in [3.63, 3.8) is 0 Å². The number of nitrogens with two attached hydrogens (primary N) is 1. The lowest BCUT2D eigenvalue weighted by Gasteiger charge is -2.36. The second kappa shape index (κ2) is 5.48. The predicted octanol–water partition coefficient (Wildman–Crippen LogP) is 0.855. The third kappa shape index (κ3) is 2.76.